The molecule has 0 aromatic rings. The summed E-state index contributed by atoms with van der Waals surface area (Å²) in [4.78, 5) is 2.55. The molecule has 2 atom stereocenters. The van der Waals surface area contributed by atoms with Gasteiger partial charge >= 0.3 is 0 Å². The molecule has 0 saturated carbocycles. The molecule has 2 aliphatic heterocycles. The largest absolute Gasteiger partial charge is 0.353 e. The Balaban J connectivity index is 1.66. The summed E-state index contributed by atoms with van der Waals surface area (Å²) in [5.74, 6) is 0.710. The summed E-state index contributed by atoms with van der Waals surface area (Å²) in [7, 11) is 0. The van der Waals surface area contributed by atoms with Crippen molar-refractivity contribution in [3.05, 3.63) is 0 Å². The molecule has 2 aliphatic rings. The fourth-order valence-corrected chi connectivity index (χ4v) is 3.15. The van der Waals surface area contributed by atoms with E-state index in [2.05, 4.69) is 24.1 Å². The maximum absolute atomic E-state index is 5.88. The van der Waals surface area contributed by atoms with Crippen LogP contribution in [0.1, 0.15) is 46.0 Å². The maximum atomic E-state index is 5.88. The Morgan fingerprint density at radius 1 is 1.25 bits per heavy atom. The molecular formula is C16H32N2O2. The van der Waals surface area contributed by atoms with E-state index in [4.69, 9.17) is 9.47 Å². The minimum Gasteiger partial charge on any atom is -0.353 e. The molecule has 2 fully saturated rings. The minimum absolute atomic E-state index is 0.0502. The van der Waals surface area contributed by atoms with Crippen molar-refractivity contribution in [3.63, 3.8) is 0 Å². The third kappa shape index (κ3) is 6.08. The second-order valence-corrected chi connectivity index (χ2v) is 6.61. The number of rotatable bonds is 8. The van der Waals surface area contributed by atoms with E-state index >= 15 is 0 Å². The summed E-state index contributed by atoms with van der Waals surface area (Å²) < 4.78 is 11.5. The van der Waals surface area contributed by atoms with Gasteiger partial charge < -0.3 is 14.8 Å². The summed E-state index contributed by atoms with van der Waals surface area (Å²) in [6.07, 6.45) is 6.19. The lowest BCUT2D eigenvalue weighted by Crippen LogP contribution is -2.41. The van der Waals surface area contributed by atoms with E-state index in [1.165, 1.54) is 32.2 Å². The van der Waals surface area contributed by atoms with Gasteiger partial charge in [-0.25, -0.2) is 0 Å². The first kappa shape index (κ1) is 16.2. The second kappa shape index (κ2) is 8.98. The van der Waals surface area contributed by atoms with Gasteiger partial charge in [-0.1, -0.05) is 13.8 Å². The Hall–Kier alpha value is -0.160. The van der Waals surface area contributed by atoms with Crippen LogP contribution in [0.25, 0.3) is 0 Å². The molecule has 0 spiro atoms. The molecule has 1 N–H and O–H groups in total. The van der Waals surface area contributed by atoms with E-state index < -0.39 is 0 Å². The molecule has 0 aromatic carbocycles. The van der Waals surface area contributed by atoms with Crippen LogP contribution in [0.15, 0.2) is 0 Å². The molecule has 2 saturated heterocycles. The van der Waals surface area contributed by atoms with Crippen molar-refractivity contribution >= 4 is 0 Å². The fraction of sp³-hybridized carbons (Fsp3) is 1.00. The van der Waals surface area contributed by atoms with Crippen LogP contribution in [0.4, 0.5) is 0 Å². The Labute approximate surface area is 124 Å². The van der Waals surface area contributed by atoms with Gasteiger partial charge in [-0.2, -0.15) is 0 Å². The fourth-order valence-electron chi connectivity index (χ4n) is 3.15. The van der Waals surface area contributed by atoms with Crippen molar-refractivity contribution in [1.82, 2.24) is 10.2 Å². The van der Waals surface area contributed by atoms with Gasteiger partial charge in [0.2, 0.25) is 0 Å². The van der Waals surface area contributed by atoms with Crippen LogP contribution in [0, 0.1) is 5.92 Å². The summed E-state index contributed by atoms with van der Waals surface area (Å²) in [5.41, 5.74) is 0. The summed E-state index contributed by atoms with van der Waals surface area (Å²) >= 11 is 0. The van der Waals surface area contributed by atoms with E-state index in [-0.39, 0.29) is 6.29 Å². The average molecular weight is 284 g/mol. The molecule has 2 heterocycles. The quantitative estimate of drug-likeness (QED) is 0.741. The summed E-state index contributed by atoms with van der Waals surface area (Å²) in [6, 6.07) is 0.680. The zero-order valence-corrected chi connectivity index (χ0v) is 13.3. The molecule has 20 heavy (non-hydrogen) atoms. The van der Waals surface area contributed by atoms with Crippen LogP contribution in [0.2, 0.25) is 0 Å². The van der Waals surface area contributed by atoms with Gasteiger partial charge in [0.25, 0.3) is 0 Å². The summed E-state index contributed by atoms with van der Waals surface area (Å²) in [6.45, 7) is 10.8. The Bertz CT molecular complexity index is 249. The number of ether oxygens (including phenoxy) is 2. The van der Waals surface area contributed by atoms with Gasteiger partial charge in [-0.15, -0.1) is 0 Å². The van der Waals surface area contributed by atoms with Crippen LogP contribution in [0.3, 0.4) is 0 Å². The highest BCUT2D eigenvalue weighted by Crippen LogP contribution is 2.14. The van der Waals surface area contributed by atoms with Crippen molar-refractivity contribution in [2.45, 2.75) is 58.3 Å². The predicted molar refractivity (Wildman–Crippen MR) is 81.8 cm³/mol. The Morgan fingerprint density at radius 2 is 2.15 bits per heavy atom. The number of hydrogen-bond acceptors (Lipinski definition) is 4. The summed E-state index contributed by atoms with van der Waals surface area (Å²) in [5, 5.41) is 3.59. The van der Waals surface area contributed by atoms with E-state index in [0.717, 1.165) is 39.3 Å². The standard InChI is InChI=1S/C16H32N2O2/c1-14(2)12-18(13-15-6-5-8-17-15)9-11-20-16-7-3-4-10-19-16/h14-17H,3-13H2,1-2H3. The molecule has 2 rings (SSSR count). The third-order valence-electron chi connectivity index (χ3n) is 4.11. The lowest BCUT2D eigenvalue weighted by atomic mass is 10.1. The first-order valence-corrected chi connectivity index (χ1v) is 8.43. The first-order valence-electron chi connectivity index (χ1n) is 8.43. The molecule has 0 aromatic heterocycles. The van der Waals surface area contributed by atoms with Gasteiger partial charge in [-0.05, 0) is 44.6 Å². The minimum atomic E-state index is 0.0502. The smallest absolute Gasteiger partial charge is 0.157 e. The van der Waals surface area contributed by atoms with Gasteiger partial charge in [0.15, 0.2) is 6.29 Å². The van der Waals surface area contributed by atoms with E-state index in [0.29, 0.717) is 12.0 Å². The highest BCUT2D eigenvalue weighted by molar-refractivity contribution is 4.78. The lowest BCUT2D eigenvalue weighted by Gasteiger charge is -2.29. The van der Waals surface area contributed by atoms with Gasteiger partial charge in [0, 0.05) is 32.3 Å². The highest BCUT2D eigenvalue weighted by Gasteiger charge is 2.19. The Kier molecular flexibility index (Phi) is 7.28. The Morgan fingerprint density at radius 3 is 2.80 bits per heavy atom. The van der Waals surface area contributed by atoms with Crippen LogP contribution < -0.4 is 5.32 Å². The maximum Gasteiger partial charge on any atom is 0.157 e. The highest BCUT2D eigenvalue weighted by atomic mass is 16.7. The molecule has 118 valence electrons. The molecular weight excluding hydrogens is 252 g/mol. The van der Waals surface area contributed by atoms with E-state index in [1.54, 1.807) is 0 Å². The molecule has 0 bridgehead atoms. The van der Waals surface area contributed by atoms with Gasteiger partial charge in [0.1, 0.15) is 0 Å². The second-order valence-electron chi connectivity index (χ2n) is 6.61. The predicted octanol–water partition coefficient (Wildman–Crippen LogP) is 2.24. The van der Waals surface area contributed by atoms with Crippen LogP contribution in [0.5, 0.6) is 0 Å². The van der Waals surface area contributed by atoms with E-state index in [1.807, 2.05) is 0 Å². The lowest BCUT2D eigenvalue weighted by molar-refractivity contribution is -0.164. The molecule has 0 amide bonds. The number of nitrogens with zero attached hydrogens (tertiary/aromatic N) is 1. The van der Waals surface area contributed by atoms with Crippen LogP contribution >= 0.6 is 0 Å². The van der Waals surface area contributed by atoms with Gasteiger partial charge in [-0.3, -0.25) is 4.90 Å². The molecule has 0 radical (unpaired) electrons. The van der Waals surface area contributed by atoms with E-state index in [9.17, 15) is 0 Å². The van der Waals surface area contributed by atoms with Crippen LogP contribution in [-0.4, -0.2) is 56.6 Å². The number of nitrogens with one attached hydrogen (secondary N) is 1. The molecule has 2 unspecified atom stereocenters. The number of hydrogen-bond donors (Lipinski definition) is 1. The SMILES string of the molecule is CC(C)CN(CCOC1CCCCO1)CC1CCCN1. The van der Waals surface area contributed by atoms with Crippen molar-refractivity contribution < 1.29 is 9.47 Å². The van der Waals surface area contributed by atoms with Crippen molar-refractivity contribution in [2.24, 2.45) is 5.92 Å². The normalized spacial score (nSPS) is 27.6. The monoisotopic (exact) mass is 284 g/mol. The zero-order valence-electron chi connectivity index (χ0n) is 13.3. The third-order valence-corrected chi connectivity index (χ3v) is 4.11. The molecule has 4 nitrogen and oxygen atoms in total. The van der Waals surface area contributed by atoms with Crippen molar-refractivity contribution in [3.8, 4) is 0 Å². The molecule has 0 aliphatic carbocycles. The zero-order chi connectivity index (χ0) is 14.2. The van der Waals surface area contributed by atoms with Gasteiger partial charge in [0.05, 0.1) is 6.61 Å². The first-order chi connectivity index (χ1) is 9.74. The van der Waals surface area contributed by atoms with Crippen molar-refractivity contribution in [2.75, 3.05) is 39.4 Å². The topological polar surface area (TPSA) is 33.7 Å². The average Bonchev–Trinajstić information content (AvgIpc) is 2.92. The molecule has 4 heteroatoms. The van der Waals surface area contributed by atoms with Crippen molar-refractivity contribution in [1.29, 1.82) is 0 Å². The van der Waals surface area contributed by atoms with Crippen LogP contribution in [-0.2, 0) is 9.47 Å².